The predicted molar refractivity (Wildman–Crippen MR) is 210 cm³/mol. The molecule has 0 amide bonds. The van der Waals surface area contributed by atoms with E-state index in [9.17, 15) is 0 Å². The highest BCUT2D eigenvalue weighted by Gasteiger charge is 2.24. The molecule has 0 N–H and O–H groups in total. The van der Waals surface area contributed by atoms with E-state index < -0.39 is 0 Å². The summed E-state index contributed by atoms with van der Waals surface area (Å²) in [6, 6.07) is 63.2. The number of fused-ring (bicyclic) bond motifs is 7. The van der Waals surface area contributed by atoms with Gasteiger partial charge in [0.2, 0.25) is 0 Å². The molecule has 10 rings (SSSR count). The summed E-state index contributed by atoms with van der Waals surface area (Å²) in [5.41, 5.74) is 9.64. The second-order valence-electron chi connectivity index (χ2n) is 12.5. The fraction of sp³-hybridized carbons (Fsp3) is 0. The van der Waals surface area contributed by atoms with E-state index >= 15 is 0 Å². The number of rotatable bonds is 5. The van der Waals surface area contributed by atoms with Gasteiger partial charge in [0.05, 0.1) is 5.69 Å². The normalized spacial score (nSPS) is 11.7. The first-order chi connectivity index (χ1) is 24.3. The molecule has 0 unspecified atom stereocenters. The van der Waals surface area contributed by atoms with Crippen LogP contribution in [0.15, 0.2) is 180 Å². The fourth-order valence-electron chi connectivity index (χ4n) is 7.29. The van der Waals surface area contributed by atoms with Crippen LogP contribution in [0.1, 0.15) is 0 Å². The van der Waals surface area contributed by atoms with E-state index in [4.69, 9.17) is 4.42 Å². The molecule has 0 aliphatic heterocycles. The second kappa shape index (κ2) is 11.2. The Bertz CT molecular complexity index is 2830. The summed E-state index contributed by atoms with van der Waals surface area (Å²) < 4.78 is 9.37. The van der Waals surface area contributed by atoms with Crippen LogP contribution in [-0.4, -0.2) is 0 Å². The summed E-state index contributed by atoms with van der Waals surface area (Å²) in [4.78, 5) is 2.40. The predicted octanol–water partition coefficient (Wildman–Crippen LogP) is 13.9. The molecule has 2 nitrogen and oxygen atoms in total. The number of para-hydroxylation sites is 1. The molecule has 0 fully saturated rings. The number of anilines is 3. The van der Waals surface area contributed by atoms with Crippen LogP contribution in [0.2, 0.25) is 0 Å². The second-order valence-corrected chi connectivity index (χ2v) is 13.6. The van der Waals surface area contributed by atoms with E-state index in [0.29, 0.717) is 0 Å². The summed E-state index contributed by atoms with van der Waals surface area (Å²) in [7, 11) is 0. The van der Waals surface area contributed by atoms with Crippen molar-refractivity contribution in [2.75, 3.05) is 4.90 Å². The molecule has 0 aliphatic carbocycles. The highest BCUT2D eigenvalue weighted by atomic mass is 32.1. The zero-order valence-electron chi connectivity index (χ0n) is 26.5. The molecule has 10 aromatic rings. The average Bonchev–Trinajstić information content (AvgIpc) is 3.74. The van der Waals surface area contributed by atoms with Crippen LogP contribution < -0.4 is 4.90 Å². The lowest BCUT2D eigenvalue weighted by Crippen LogP contribution is -2.11. The van der Waals surface area contributed by atoms with Crippen molar-refractivity contribution in [2.45, 2.75) is 0 Å². The highest BCUT2D eigenvalue weighted by molar-refractivity contribution is 7.25. The molecule has 0 atom stereocenters. The maximum Gasteiger partial charge on any atom is 0.160 e. The molecule has 0 saturated carbocycles. The third-order valence-electron chi connectivity index (χ3n) is 9.64. The molecular weight excluding hydrogens is 615 g/mol. The van der Waals surface area contributed by atoms with Crippen LogP contribution in [0.5, 0.6) is 0 Å². The van der Waals surface area contributed by atoms with Crippen molar-refractivity contribution in [2.24, 2.45) is 0 Å². The Labute approximate surface area is 287 Å². The zero-order chi connectivity index (χ0) is 32.3. The van der Waals surface area contributed by atoms with Gasteiger partial charge in [-0.1, -0.05) is 127 Å². The number of nitrogens with zero attached hydrogens (tertiary/aromatic N) is 1. The number of benzene rings is 8. The van der Waals surface area contributed by atoms with Gasteiger partial charge < -0.3 is 9.32 Å². The summed E-state index contributed by atoms with van der Waals surface area (Å²) >= 11 is 1.84. The Kier molecular flexibility index (Phi) is 6.39. The van der Waals surface area contributed by atoms with Crippen LogP contribution in [0.4, 0.5) is 17.1 Å². The number of thiophene rings is 1. The number of furan rings is 1. The molecule has 0 saturated heterocycles. The van der Waals surface area contributed by atoms with Crippen molar-refractivity contribution in [3.8, 4) is 22.3 Å². The Morgan fingerprint density at radius 2 is 1.04 bits per heavy atom. The third-order valence-corrected chi connectivity index (χ3v) is 10.8. The van der Waals surface area contributed by atoms with Crippen molar-refractivity contribution < 1.29 is 4.42 Å². The Balaban J connectivity index is 1.26. The lowest BCUT2D eigenvalue weighted by atomic mass is 9.98. The van der Waals surface area contributed by atoms with Gasteiger partial charge in [-0.3, -0.25) is 0 Å². The lowest BCUT2D eigenvalue weighted by molar-refractivity contribution is 0.669. The molecule has 0 radical (unpaired) electrons. The van der Waals surface area contributed by atoms with Gasteiger partial charge in [0.25, 0.3) is 0 Å². The summed E-state index contributed by atoms with van der Waals surface area (Å²) in [5.74, 6) is 0. The van der Waals surface area contributed by atoms with Crippen molar-refractivity contribution in [1.82, 2.24) is 0 Å². The van der Waals surface area contributed by atoms with Crippen LogP contribution >= 0.6 is 11.3 Å². The minimum atomic E-state index is 0.874. The Morgan fingerprint density at radius 1 is 0.408 bits per heavy atom. The molecule has 2 aromatic heterocycles. The molecule has 49 heavy (non-hydrogen) atoms. The minimum absolute atomic E-state index is 0.874. The maximum atomic E-state index is 6.82. The highest BCUT2D eigenvalue weighted by Crippen LogP contribution is 2.49. The van der Waals surface area contributed by atoms with E-state index in [-0.39, 0.29) is 0 Å². The van der Waals surface area contributed by atoms with Gasteiger partial charge in [0, 0.05) is 47.9 Å². The van der Waals surface area contributed by atoms with Crippen molar-refractivity contribution in [3.63, 3.8) is 0 Å². The molecule has 0 aliphatic rings. The fourth-order valence-corrected chi connectivity index (χ4v) is 8.43. The molecule has 230 valence electrons. The van der Waals surface area contributed by atoms with E-state index in [1.807, 2.05) is 17.4 Å². The molecule has 3 heteroatoms. The maximum absolute atomic E-state index is 6.82. The molecular formula is C46H29NOS. The summed E-state index contributed by atoms with van der Waals surface area (Å²) in [6.45, 7) is 0. The summed E-state index contributed by atoms with van der Waals surface area (Å²) in [6.07, 6.45) is 0. The van der Waals surface area contributed by atoms with Crippen LogP contribution in [0.3, 0.4) is 0 Å². The van der Waals surface area contributed by atoms with Crippen molar-refractivity contribution in [3.05, 3.63) is 176 Å². The first kappa shape index (κ1) is 27.9. The molecule has 2 heterocycles. The van der Waals surface area contributed by atoms with Gasteiger partial charge in [-0.05, 0) is 76.0 Å². The van der Waals surface area contributed by atoms with E-state index in [2.05, 4.69) is 175 Å². The standard InChI is InChI=1S/C46H29NOS/c1-3-11-30(12-4-1)32-19-20-34-28-35(22-21-33(34)27-32)47(36-23-24-40-39-16-8-10-18-43(39)49-44(40)29-36)45-37(31-13-5-2-6-14-31)25-26-41-38-15-7-9-17-42(38)48-46(41)45/h1-29H. The van der Waals surface area contributed by atoms with Gasteiger partial charge in [0.15, 0.2) is 5.58 Å². The van der Waals surface area contributed by atoms with Crippen molar-refractivity contribution >= 4 is 81.3 Å². The largest absolute Gasteiger partial charge is 0.454 e. The zero-order valence-corrected chi connectivity index (χ0v) is 27.3. The minimum Gasteiger partial charge on any atom is -0.454 e. The average molecular weight is 644 g/mol. The molecule has 0 spiro atoms. The molecule has 8 aromatic carbocycles. The Hall–Kier alpha value is -6.16. The monoisotopic (exact) mass is 643 g/mol. The lowest BCUT2D eigenvalue weighted by Gasteiger charge is -2.28. The first-order valence-electron chi connectivity index (χ1n) is 16.6. The third kappa shape index (κ3) is 4.62. The van der Waals surface area contributed by atoms with Gasteiger partial charge in [-0.2, -0.15) is 0 Å². The number of hydrogen-bond acceptors (Lipinski definition) is 3. The SMILES string of the molecule is c1ccc(-c2ccc3cc(N(c4ccc5c(c4)sc4ccccc45)c4c(-c5ccccc5)ccc5c4oc4ccccc45)ccc3c2)cc1. The van der Waals surface area contributed by atoms with Crippen molar-refractivity contribution in [1.29, 1.82) is 0 Å². The van der Waals surface area contributed by atoms with Gasteiger partial charge >= 0.3 is 0 Å². The van der Waals surface area contributed by atoms with E-state index in [1.165, 1.54) is 42.1 Å². The smallest absolute Gasteiger partial charge is 0.160 e. The quantitative estimate of drug-likeness (QED) is 0.186. The molecule has 0 bridgehead atoms. The van der Waals surface area contributed by atoms with E-state index in [0.717, 1.165) is 50.1 Å². The van der Waals surface area contributed by atoms with Crippen LogP contribution in [0, 0.1) is 0 Å². The van der Waals surface area contributed by atoms with Crippen LogP contribution in [0.25, 0.3) is 75.1 Å². The van der Waals surface area contributed by atoms with Gasteiger partial charge in [-0.25, -0.2) is 0 Å². The van der Waals surface area contributed by atoms with Crippen LogP contribution in [-0.2, 0) is 0 Å². The van der Waals surface area contributed by atoms with E-state index in [1.54, 1.807) is 0 Å². The summed E-state index contributed by atoms with van der Waals surface area (Å²) in [5, 5.41) is 7.18. The first-order valence-corrected chi connectivity index (χ1v) is 17.4. The number of hydrogen-bond donors (Lipinski definition) is 0. The topological polar surface area (TPSA) is 16.4 Å². The van der Waals surface area contributed by atoms with Gasteiger partial charge in [0.1, 0.15) is 5.58 Å². The Morgan fingerprint density at radius 3 is 1.90 bits per heavy atom. The van der Waals surface area contributed by atoms with Gasteiger partial charge in [-0.15, -0.1) is 11.3 Å².